The van der Waals surface area contributed by atoms with Gasteiger partial charge in [-0.3, -0.25) is 19.5 Å². The van der Waals surface area contributed by atoms with E-state index in [9.17, 15) is 14.7 Å². The summed E-state index contributed by atoms with van der Waals surface area (Å²) in [5, 5.41) is 13.6. The van der Waals surface area contributed by atoms with Gasteiger partial charge in [-0.1, -0.05) is 45.1 Å². The number of esters is 1. The van der Waals surface area contributed by atoms with Crippen molar-refractivity contribution in [3.05, 3.63) is 53.9 Å². The van der Waals surface area contributed by atoms with Crippen LogP contribution in [0.25, 0.3) is 0 Å². The number of carbonyl (C=O) groups excluding carboxylic acids is 2. The first-order chi connectivity index (χ1) is 17.1. The standard InChI is InChI=1S/C19H30N2O.C8H15NO3.C2H6/c1-7-10-16(8-2)15(5)18(17-11-9-12-20-13-17)19(22)21(6)14(3)4;1-7(10)9-6-4-3-5-8(11)12-2;1-2/h7-15,18-19,22H,1-6H3;3-6H2,1-2H3,(H,9,10);1-2H3/b10-7-,16-8+;;. The van der Waals surface area contributed by atoms with E-state index in [-0.39, 0.29) is 29.8 Å². The molecule has 3 atom stereocenters. The van der Waals surface area contributed by atoms with Crippen LogP contribution < -0.4 is 5.32 Å². The van der Waals surface area contributed by atoms with Gasteiger partial charge in [-0.15, -0.1) is 0 Å². The number of ether oxygens (including phenoxy) is 1. The van der Waals surface area contributed by atoms with E-state index in [1.807, 2.05) is 58.0 Å². The minimum absolute atomic E-state index is 0.0245. The molecule has 0 fully saturated rings. The minimum atomic E-state index is -0.556. The summed E-state index contributed by atoms with van der Waals surface area (Å²) in [4.78, 5) is 27.2. The van der Waals surface area contributed by atoms with Crippen LogP contribution in [-0.2, 0) is 14.3 Å². The molecule has 36 heavy (non-hydrogen) atoms. The highest BCUT2D eigenvalue weighted by atomic mass is 16.5. The molecule has 0 aliphatic carbocycles. The molecule has 0 radical (unpaired) electrons. The van der Waals surface area contributed by atoms with Gasteiger partial charge in [0.1, 0.15) is 6.23 Å². The molecule has 1 aromatic rings. The third kappa shape index (κ3) is 14.8. The zero-order valence-electron chi connectivity index (χ0n) is 24.2. The van der Waals surface area contributed by atoms with Gasteiger partial charge >= 0.3 is 5.97 Å². The summed E-state index contributed by atoms with van der Waals surface area (Å²) < 4.78 is 4.45. The molecule has 0 saturated heterocycles. The maximum Gasteiger partial charge on any atom is 0.305 e. The maximum absolute atomic E-state index is 10.9. The molecular weight excluding hydrogens is 454 g/mol. The van der Waals surface area contributed by atoms with Crippen LogP contribution in [0.15, 0.2) is 48.3 Å². The van der Waals surface area contributed by atoms with Gasteiger partial charge in [0.25, 0.3) is 0 Å². The molecule has 1 rings (SSSR count). The van der Waals surface area contributed by atoms with Gasteiger partial charge in [-0.2, -0.15) is 0 Å². The lowest BCUT2D eigenvalue weighted by molar-refractivity contribution is -0.140. The topological polar surface area (TPSA) is 91.8 Å². The van der Waals surface area contributed by atoms with Gasteiger partial charge in [0, 0.05) is 44.2 Å². The van der Waals surface area contributed by atoms with Crippen molar-refractivity contribution >= 4 is 11.9 Å². The summed E-state index contributed by atoms with van der Waals surface area (Å²) in [5.41, 5.74) is 2.30. The Morgan fingerprint density at radius 1 is 1.19 bits per heavy atom. The van der Waals surface area contributed by atoms with Crippen molar-refractivity contribution in [1.29, 1.82) is 0 Å². The van der Waals surface area contributed by atoms with Crippen molar-refractivity contribution in [3.63, 3.8) is 0 Å². The fraction of sp³-hybridized carbons (Fsp3) is 0.621. The highest BCUT2D eigenvalue weighted by Crippen LogP contribution is 2.34. The number of hydrogen-bond acceptors (Lipinski definition) is 6. The molecule has 0 saturated carbocycles. The summed E-state index contributed by atoms with van der Waals surface area (Å²) in [5.74, 6) is -0.0593. The summed E-state index contributed by atoms with van der Waals surface area (Å²) in [6.07, 6.45) is 11.4. The predicted molar refractivity (Wildman–Crippen MR) is 150 cm³/mol. The lowest BCUT2D eigenvalue weighted by atomic mass is 9.80. The van der Waals surface area contributed by atoms with E-state index >= 15 is 0 Å². The Morgan fingerprint density at radius 2 is 1.83 bits per heavy atom. The van der Waals surface area contributed by atoms with Crippen molar-refractivity contribution < 1.29 is 19.4 Å². The molecule has 0 aliphatic heterocycles. The van der Waals surface area contributed by atoms with Crippen LogP contribution in [0.5, 0.6) is 0 Å². The first-order valence-corrected chi connectivity index (χ1v) is 13.0. The van der Waals surface area contributed by atoms with E-state index < -0.39 is 6.23 Å². The summed E-state index contributed by atoms with van der Waals surface area (Å²) in [6.45, 7) is 16.5. The highest BCUT2D eigenvalue weighted by Gasteiger charge is 2.32. The second-order valence-electron chi connectivity index (χ2n) is 8.58. The number of aliphatic hydroxyl groups is 1. The van der Waals surface area contributed by atoms with Gasteiger partial charge in [0.15, 0.2) is 0 Å². The number of methoxy groups -OCH3 is 1. The van der Waals surface area contributed by atoms with Gasteiger partial charge in [0.05, 0.1) is 7.11 Å². The zero-order chi connectivity index (χ0) is 28.1. The quantitative estimate of drug-likeness (QED) is 0.169. The molecule has 0 spiro atoms. The van der Waals surface area contributed by atoms with Crippen molar-refractivity contribution in [3.8, 4) is 0 Å². The maximum atomic E-state index is 10.9. The van der Waals surface area contributed by atoms with Crippen molar-refractivity contribution in [2.24, 2.45) is 5.92 Å². The number of nitrogens with zero attached hydrogens (tertiary/aromatic N) is 2. The smallest absolute Gasteiger partial charge is 0.305 e. The molecule has 0 aromatic carbocycles. The SMILES string of the molecule is C/C=C\C(=C/C)C(C)C(c1cccnc1)C(O)N(C)C(C)C.CC.COC(=O)CCCCNC(C)=O. The largest absolute Gasteiger partial charge is 0.469 e. The third-order valence-corrected chi connectivity index (χ3v) is 5.79. The Labute approximate surface area is 220 Å². The first kappa shape index (κ1) is 35.7. The van der Waals surface area contributed by atoms with Crippen LogP contribution in [0.4, 0.5) is 0 Å². The summed E-state index contributed by atoms with van der Waals surface area (Å²) >= 11 is 0. The number of nitrogens with one attached hydrogen (secondary N) is 1. The van der Waals surface area contributed by atoms with Crippen LogP contribution >= 0.6 is 0 Å². The Balaban J connectivity index is 0. The van der Waals surface area contributed by atoms with Gasteiger partial charge in [0.2, 0.25) is 5.91 Å². The molecule has 1 amide bonds. The van der Waals surface area contributed by atoms with Crippen LogP contribution in [0, 0.1) is 5.92 Å². The van der Waals surface area contributed by atoms with E-state index in [2.05, 4.69) is 54.0 Å². The number of pyridine rings is 1. The van der Waals surface area contributed by atoms with E-state index in [0.29, 0.717) is 13.0 Å². The molecule has 2 N–H and O–H groups in total. The molecule has 7 heteroatoms. The molecule has 0 aliphatic rings. The van der Waals surface area contributed by atoms with E-state index in [4.69, 9.17) is 0 Å². The predicted octanol–water partition coefficient (Wildman–Crippen LogP) is 5.47. The minimum Gasteiger partial charge on any atom is -0.469 e. The van der Waals surface area contributed by atoms with Crippen molar-refractivity contribution in [2.75, 3.05) is 20.7 Å². The lowest BCUT2D eigenvalue weighted by Crippen LogP contribution is -2.43. The molecule has 3 unspecified atom stereocenters. The number of aliphatic hydroxyl groups excluding tert-OH is 1. The van der Waals surface area contributed by atoms with Crippen molar-refractivity contribution in [2.45, 2.75) is 92.8 Å². The van der Waals surface area contributed by atoms with E-state index in [1.165, 1.54) is 19.6 Å². The fourth-order valence-electron chi connectivity index (χ4n) is 3.52. The monoisotopic (exact) mass is 505 g/mol. The van der Waals surface area contributed by atoms with Gasteiger partial charge in [-0.25, -0.2) is 0 Å². The number of carbonyl (C=O) groups is 2. The average molecular weight is 506 g/mol. The van der Waals surface area contributed by atoms with Gasteiger partial charge in [-0.05, 0) is 70.7 Å². The van der Waals surface area contributed by atoms with E-state index in [1.54, 1.807) is 6.20 Å². The van der Waals surface area contributed by atoms with Crippen LogP contribution in [0.1, 0.15) is 86.1 Å². The van der Waals surface area contributed by atoms with Crippen LogP contribution in [-0.4, -0.2) is 59.8 Å². The number of aromatic nitrogens is 1. The van der Waals surface area contributed by atoms with E-state index in [0.717, 1.165) is 18.4 Å². The second kappa shape index (κ2) is 21.7. The average Bonchev–Trinajstić information content (AvgIpc) is 2.88. The van der Waals surface area contributed by atoms with Crippen molar-refractivity contribution in [1.82, 2.24) is 15.2 Å². The molecule has 206 valence electrons. The fourth-order valence-corrected chi connectivity index (χ4v) is 3.52. The first-order valence-electron chi connectivity index (χ1n) is 13.0. The second-order valence-corrected chi connectivity index (χ2v) is 8.58. The molecule has 7 nitrogen and oxygen atoms in total. The Morgan fingerprint density at radius 3 is 2.28 bits per heavy atom. The number of unbranched alkanes of at least 4 members (excludes halogenated alkanes) is 1. The molecule has 1 heterocycles. The number of allylic oxidation sites excluding steroid dienone is 4. The summed E-state index contributed by atoms with van der Waals surface area (Å²) in [7, 11) is 3.34. The molecule has 0 bridgehead atoms. The number of likely N-dealkylation sites (N-methyl/N-ethyl adjacent to an activating group) is 1. The normalized spacial score (nSPS) is 13.8. The summed E-state index contributed by atoms with van der Waals surface area (Å²) in [6, 6.07) is 4.26. The number of amides is 1. The van der Waals surface area contributed by atoms with Crippen LogP contribution in [0.2, 0.25) is 0 Å². The number of hydrogen-bond donors (Lipinski definition) is 2. The third-order valence-electron chi connectivity index (χ3n) is 5.79. The van der Waals surface area contributed by atoms with Crippen LogP contribution in [0.3, 0.4) is 0 Å². The molecule has 1 aromatic heterocycles. The highest BCUT2D eigenvalue weighted by molar-refractivity contribution is 5.72. The zero-order valence-corrected chi connectivity index (χ0v) is 24.2. The Bertz CT molecular complexity index is 763. The Hall–Kier alpha value is -2.51. The Kier molecular flexibility index (Phi) is 21.5. The lowest BCUT2D eigenvalue weighted by Gasteiger charge is -2.37. The van der Waals surface area contributed by atoms with Gasteiger partial charge < -0.3 is 15.2 Å². The molecular formula is C29H51N3O4. The number of rotatable bonds is 12.